The average molecular weight is 296 g/mol. The number of rotatable bonds is 2. The van der Waals surface area contributed by atoms with E-state index in [0.29, 0.717) is 11.7 Å². The minimum Gasteiger partial charge on any atom is -0.476 e. The number of oxazole rings is 1. The van der Waals surface area contributed by atoms with Gasteiger partial charge in [0.05, 0.1) is 0 Å². The maximum atomic E-state index is 10.9. The predicted octanol–water partition coefficient (Wildman–Crippen LogP) is 3.42. The Balaban J connectivity index is 2.57. The molecule has 0 saturated carbocycles. The molecule has 1 heterocycles. The van der Waals surface area contributed by atoms with Crippen molar-refractivity contribution < 1.29 is 14.3 Å². The summed E-state index contributed by atoms with van der Waals surface area (Å²) in [5.74, 6) is -0.435. The Kier molecular flexibility index (Phi) is 3.02. The molecule has 0 fully saturated rings. The summed E-state index contributed by atoms with van der Waals surface area (Å²) in [5, 5.41) is 8.92. The average Bonchev–Trinajstić information content (AvgIpc) is 2.64. The number of carboxylic acids is 1. The van der Waals surface area contributed by atoms with Gasteiger partial charge in [0, 0.05) is 10.0 Å². The van der Waals surface area contributed by atoms with Crippen molar-refractivity contribution in [3.63, 3.8) is 0 Å². The molecule has 17 heavy (non-hydrogen) atoms. The summed E-state index contributed by atoms with van der Waals surface area (Å²) in [6, 6.07) is 5.68. The Morgan fingerprint density at radius 3 is 2.71 bits per heavy atom. The molecule has 0 atom stereocenters. The second-order valence-electron chi connectivity index (χ2n) is 3.69. The van der Waals surface area contributed by atoms with Crippen LogP contribution in [0, 0.1) is 13.8 Å². The third-order valence-corrected chi connectivity index (χ3v) is 2.92. The van der Waals surface area contributed by atoms with Gasteiger partial charge in [-0.05, 0) is 31.5 Å². The van der Waals surface area contributed by atoms with Crippen LogP contribution in [0.15, 0.2) is 27.1 Å². The Morgan fingerprint density at radius 1 is 1.41 bits per heavy atom. The molecule has 88 valence electrons. The van der Waals surface area contributed by atoms with Crippen molar-refractivity contribution >= 4 is 21.9 Å². The molecular weight excluding hydrogens is 286 g/mol. The van der Waals surface area contributed by atoms with Crippen molar-refractivity contribution in [2.24, 2.45) is 0 Å². The molecule has 0 radical (unpaired) electrons. The van der Waals surface area contributed by atoms with Crippen LogP contribution in [0.3, 0.4) is 0 Å². The normalized spacial score (nSPS) is 10.5. The summed E-state index contributed by atoms with van der Waals surface area (Å²) in [7, 11) is 0. The SMILES string of the molecule is Cc1ccc(Br)cc1-c1nc(C(=O)O)c(C)o1. The van der Waals surface area contributed by atoms with E-state index in [-0.39, 0.29) is 5.69 Å². The largest absolute Gasteiger partial charge is 0.476 e. The van der Waals surface area contributed by atoms with Crippen molar-refractivity contribution in [1.29, 1.82) is 0 Å². The van der Waals surface area contributed by atoms with Gasteiger partial charge in [-0.15, -0.1) is 0 Å². The Bertz CT molecular complexity index is 589. The predicted molar refractivity (Wildman–Crippen MR) is 66.1 cm³/mol. The smallest absolute Gasteiger partial charge is 0.358 e. The molecule has 0 saturated heterocycles. The molecule has 2 aromatic rings. The zero-order chi connectivity index (χ0) is 12.6. The third-order valence-electron chi connectivity index (χ3n) is 2.43. The van der Waals surface area contributed by atoms with Crippen molar-refractivity contribution in [2.45, 2.75) is 13.8 Å². The first-order valence-electron chi connectivity index (χ1n) is 4.96. The molecule has 5 heteroatoms. The lowest BCUT2D eigenvalue weighted by molar-refractivity contribution is 0.0689. The van der Waals surface area contributed by atoms with Gasteiger partial charge < -0.3 is 9.52 Å². The molecule has 2 rings (SSSR count). The van der Waals surface area contributed by atoms with Gasteiger partial charge in [-0.2, -0.15) is 0 Å². The maximum absolute atomic E-state index is 10.9. The van der Waals surface area contributed by atoms with Crippen LogP contribution in [0.2, 0.25) is 0 Å². The number of aromatic carboxylic acids is 1. The van der Waals surface area contributed by atoms with Crippen LogP contribution >= 0.6 is 15.9 Å². The first-order chi connectivity index (χ1) is 7.99. The third kappa shape index (κ3) is 2.24. The summed E-state index contributed by atoms with van der Waals surface area (Å²) < 4.78 is 6.28. The lowest BCUT2D eigenvalue weighted by Crippen LogP contribution is -1.98. The molecule has 0 unspecified atom stereocenters. The number of halogens is 1. The number of benzene rings is 1. The van der Waals surface area contributed by atoms with Gasteiger partial charge in [-0.1, -0.05) is 22.0 Å². The van der Waals surface area contributed by atoms with Crippen molar-refractivity contribution in [1.82, 2.24) is 4.98 Å². The molecule has 0 aliphatic carbocycles. The van der Waals surface area contributed by atoms with Gasteiger partial charge in [0.25, 0.3) is 0 Å². The van der Waals surface area contributed by atoms with Crippen LogP contribution in [0.4, 0.5) is 0 Å². The van der Waals surface area contributed by atoms with E-state index in [1.165, 1.54) is 0 Å². The standard InChI is InChI=1S/C12H10BrNO3/c1-6-3-4-8(13)5-9(6)11-14-10(12(15)16)7(2)17-11/h3-5H,1-2H3,(H,15,16). The van der Waals surface area contributed by atoms with E-state index in [1.54, 1.807) is 6.92 Å². The Morgan fingerprint density at radius 2 is 2.12 bits per heavy atom. The molecule has 0 aliphatic rings. The summed E-state index contributed by atoms with van der Waals surface area (Å²) in [4.78, 5) is 14.9. The Labute approximate surface area is 106 Å². The van der Waals surface area contributed by atoms with Crippen molar-refractivity contribution in [3.8, 4) is 11.5 Å². The summed E-state index contributed by atoms with van der Waals surface area (Å²) in [6.07, 6.45) is 0. The molecule has 0 spiro atoms. The highest BCUT2D eigenvalue weighted by Crippen LogP contribution is 2.27. The second kappa shape index (κ2) is 4.33. The molecule has 1 aromatic heterocycles. The van der Waals surface area contributed by atoms with Gasteiger partial charge in [-0.25, -0.2) is 9.78 Å². The Hall–Kier alpha value is -1.62. The fourth-order valence-corrected chi connectivity index (χ4v) is 1.90. The van der Waals surface area contributed by atoms with Crippen molar-refractivity contribution in [3.05, 3.63) is 39.7 Å². The van der Waals surface area contributed by atoms with Crippen LogP contribution in [0.25, 0.3) is 11.5 Å². The van der Waals surface area contributed by atoms with E-state index >= 15 is 0 Å². The first kappa shape index (κ1) is 11.9. The summed E-state index contributed by atoms with van der Waals surface area (Å²) in [6.45, 7) is 3.51. The minimum atomic E-state index is -1.08. The van der Waals surface area contributed by atoms with Gasteiger partial charge in [0.15, 0.2) is 5.69 Å². The fourth-order valence-electron chi connectivity index (χ4n) is 1.53. The molecule has 0 amide bonds. The highest BCUT2D eigenvalue weighted by molar-refractivity contribution is 9.10. The van der Waals surface area contributed by atoms with E-state index in [4.69, 9.17) is 9.52 Å². The second-order valence-corrected chi connectivity index (χ2v) is 4.60. The highest BCUT2D eigenvalue weighted by Gasteiger charge is 2.18. The quantitative estimate of drug-likeness (QED) is 0.922. The van der Waals surface area contributed by atoms with E-state index < -0.39 is 5.97 Å². The van der Waals surface area contributed by atoms with Crippen LogP contribution < -0.4 is 0 Å². The van der Waals surface area contributed by atoms with Gasteiger partial charge in [0.2, 0.25) is 5.89 Å². The highest BCUT2D eigenvalue weighted by atomic mass is 79.9. The minimum absolute atomic E-state index is 0.0422. The number of carboxylic acid groups (broad SMARTS) is 1. The summed E-state index contributed by atoms with van der Waals surface area (Å²) >= 11 is 3.36. The lowest BCUT2D eigenvalue weighted by Gasteiger charge is -2.01. The van der Waals surface area contributed by atoms with E-state index in [9.17, 15) is 4.79 Å². The zero-order valence-electron chi connectivity index (χ0n) is 9.32. The molecule has 1 aromatic carbocycles. The molecule has 1 N–H and O–H groups in total. The number of hydrogen-bond acceptors (Lipinski definition) is 3. The molecule has 0 bridgehead atoms. The van der Waals surface area contributed by atoms with Crippen LogP contribution in [-0.2, 0) is 0 Å². The number of carbonyl (C=O) groups is 1. The monoisotopic (exact) mass is 295 g/mol. The number of nitrogens with zero attached hydrogens (tertiary/aromatic N) is 1. The van der Waals surface area contributed by atoms with Gasteiger partial charge in [-0.3, -0.25) is 0 Å². The van der Waals surface area contributed by atoms with E-state index in [2.05, 4.69) is 20.9 Å². The van der Waals surface area contributed by atoms with Gasteiger partial charge >= 0.3 is 5.97 Å². The van der Waals surface area contributed by atoms with E-state index in [1.807, 2.05) is 25.1 Å². The van der Waals surface area contributed by atoms with Crippen LogP contribution in [0.1, 0.15) is 21.8 Å². The van der Waals surface area contributed by atoms with Crippen LogP contribution in [-0.4, -0.2) is 16.1 Å². The van der Waals surface area contributed by atoms with Gasteiger partial charge in [0.1, 0.15) is 5.76 Å². The maximum Gasteiger partial charge on any atom is 0.358 e. The lowest BCUT2D eigenvalue weighted by atomic mass is 10.1. The summed E-state index contributed by atoms with van der Waals surface area (Å²) in [5.41, 5.74) is 1.72. The topological polar surface area (TPSA) is 63.3 Å². The number of hydrogen-bond donors (Lipinski definition) is 1. The zero-order valence-corrected chi connectivity index (χ0v) is 10.9. The number of aryl methyl sites for hydroxylation is 2. The molecule has 0 aliphatic heterocycles. The first-order valence-corrected chi connectivity index (χ1v) is 5.75. The molecule has 4 nitrogen and oxygen atoms in total. The molecular formula is C12H10BrNO3. The fraction of sp³-hybridized carbons (Fsp3) is 0.167. The van der Waals surface area contributed by atoms with Crippen molar-refractivity contribution in [2.75, 3.05) is 0 Å². The van der Waals surface area contributed by atoms with E-state index in [0.717, 1.165) is 15.6 Å². The number of aromatic nitrogens is 1. The van der Waals surface area contributed by atoms with Crippen LogP contribution in [0.5, 0.6) is 0 Å².